The molecule has 1 aromatic carbocycles. The zero-order valence-corrected chi connectivity index (χ0v) is 14.2. The quantitative estimate of drug-likeness (QED) is 0.811. The highest BCUT2D eigenvalue weighted by atomic mass is 35.5. The molecule has 0 unspecified atom stereocenters. The van der Waals surface area contributed by atoms with Gasteiger partial charge in [0.25, 0.3) is 0 Å². The molecular formula is C16H16ClNO4S. The maximum atomic E-state index is 12.2. The largest absolute Gasteiger partial charge is 0.495 e. The molecule has 0 radical (unpaired) electrons. The number of hydrogen-bond acceptors (Lipinski definition) is 5. The zero-order chi connectivity index (χ0) is 16.8. The summed E-state index contributed by atoms with van der Waals surface area (Å²) in [5.74, 6) is -0.348. The van der Waals surface area contributed by atoms with Gasteiger partial charge in [0.15, 0.2) is 6.04 Å². The predicted octanol–water partition coefficient (Wildman–Crippen LogP) is 2.98. The SMILES string of the molecule is COC(=O)[C@@H](NC(=O)Cc1ccsc1)c1ccc(OC)c(Cl)c1. The lowest BCUT2D eigenvalue weighted by molar-refractivity contribution is -0.145. The van der Waals surface area contributed by atoms with Crippen LogP contribution in [0.4, 0.5) is 0 Å². The summed E-state index contributed by atoms with van der Waals surface area (Å²) in [6.45, 7) is 0. The van der Waals surface area contributed by atoms with Crippen molar-refractivity contribution in [2.45, 2.75) is 12.5 Å². The standard InChI is InChI=1S/C16H16ClNO4S/c1-21-13-4-3-11(8-12(13)17)15(16(20)22-2)18-14(19)7-10-5-6-23-9-10/h3-6,8-9,15H,7H2,1-2H3,(H,18,19)/t15-/m0/s1. The first kappa shape index (κ1) is 17.3. The number of nitrogens with one attached hydrogen (secondary N) is 1. The minimum absolute atomic E-state index is 0.195. The summed E-state index contributed by atoms with van der Waals surface area (Å²) < 4.78 is 9.86. The van der Waals surface area contributed by atoms with E-state index in [1.807, 2.05) is 16.8 Å². The number of rotatable bonds is 6. The van der Waals surface area contributed by atoms with Crippen LogP contribution in [0.5, 0.6) is 5.75 Å². The monoisotopic (exact) mass is 353 g/mol. The summed E-state index contributed by atoms with van der Waals surface area (Å²) in [6.07, 6.45) is 0.195. The van der Waals surface area contributed by atoms with Gasteiger partial charge in [-0.15, -0.1) is 0 Å². The van der Waals surface area contributed by atoms with Crippen LogP contribution in [0.25, 0.3) is 0 Å². The van der Waals surface area contributed by atoms with E-state index in [9.17, 15) is 9.59 Å². The summed E-state index contributed by atoms with van der Waals surface area (Å²) >= 11 is 7.60. The molecule has 1 amide bonds. The maximum absolute atomic E-state index is 12.2. The number of amides is 1. The van der Waals surface area contributed by atoms with Crippen LogP contribution < -0.4 is 10.1 Å². The number of carbonyl (C=O) groups excluding carboxylic acids is 2. The fourth-order valence-corrected chi connectivity index (χ4v) is 2.98. The number of benzene rings is 1. The van der Waals surface area contributed by atoms with Crippen LogP contribution in [-0.4, -0.2) is 26.1 Å². The summed E-state index contributed by atoms with van der Waals surface area (Å²) in [6, 6.07) is 5.82. The molecule has 5 nitrogen and oxygen atoms in total. The number of ether oxygens (including phenoxy) is 2. The first-order chi connectivity index (χ1) is 11.0. The first-order valence-electron chi connectivity index (χ1n) is 6.77. The van der Waals surface area contributed by atoms with Crippen molar-refractivity contribution in [2.24, 2.45) is 0 Å². The van der Waals surface area contributed by atoms with E-state index in [2.05, 4.69) is 5.32 Å². The Morgan fingerprint density at radius 2 is 2.09 bits per heavy atom. The number of esters is 1. The van der Waals surface area contributed by atoms with E-state index in [0.29, 0.717) is 16.3 Å². The van der Waals surface area contributed by atoms with Crippen LogP contribution >= 0.6 is 22.9 Å². The van der Waals surface area contributed by atoms with Crippen LogP contribution in [0.15, 0.2) is 35.0 Å². The highest BCUT2D eigenvalue weighted by Gasteiger charge is 2.24. The Balaban J connectivity index is 2.18. The Labute approximate surface area is 143 Å². The molecule has 1 heterocycles. The topological polar surface area (TPSA) is 64.6 Å². The van der Waals surface area contributed by atoms with E-state index in [1.54, 1.807) is 18.2 Å². The lowest BCUT2D eigenvalue weighted by atomic mass is 10.1. The molecule has 1 atom stereocenters. The average molecular weight is 354 g/mol. The third-order valence-corrected chi connectivity index (χ3v) is 4.22. The number of thiophene rings is 1. The third-order valence-electron chi connectivity index (χ3n) is 3.20. The van der Waals surface area contributed by atoms with Crippen LogP contribution in [-0.2, 0) is 20.7 Å². The number of hydrogen-bond donors (Lipinski definition) is 1. The van der Waals surface area contributed by atoms with Crippen LogP contribution in [0, 0.1) is 0 Å². The molecule has 2 rings (SSSR count). The molecule has 0 fully saturated rings. The number of carbonyl (C=O) groups is 2. The lowest BCUT2D eigenvalue weighted by Crippen LogP contribution is -2.35. The molecule has 7 heteroatoms. The van der Waals surface area contributed by atoms with Gasteiger partial charge in [-0.2, -0.15) is 11.3 Å². The van der Waals surface area contributed by atoms with Gasteiger partial charge in [0.1, 0.15) is 5.75 Å². The molecule has 0 spiro atoms. The van der Waals surface area contributed by atoms with E-state index in [4.69, 9.17) is 21.1 Å². The fraction of sp³-hybridized carbons (Fsp3) is 0.250. The van der Waals surface area contributed by atoms with Gasteiger partial charge >= 0.3 is 5.97 Å². The van der Waals surface area contributed by atoms with E-state index in [1.165, 1.54) is 25.6 Å². The van der Waals surface area contributed by atoms with Crippen LogP contribution in [0.3, 0.4) is 0 Å². The van der Waals surface area contributed by atoms with Crippen molar-refractivity contribution >= 4 is 34.8 Å². The fourth-order valence-electron chi connectivity index (χ4n) is 2.05. The van der Waals surface area contributed by atoms with E-state index in [0.717, 1.165) is 5.56 Å². The third kappa shape index (κ3) is 4.46. The van der Waals surface area contributed by atoms with Gasteiger partial charge < -0.3 is 14.8 Å². The zero-order valence-electron chi connectivity index (χ0n) is 12.7. The molecule has 2 aromatic rings. The van der Waals surface area contributed by atoms with E-state index < -0.39 is 12.0 Å². The summed E-state index contributed by atoms with van der Waals surface area (Å²) in [5, 5.41) is 6.81. The van der Waals surface area contributed by atoms with E-state index in [-0.39, 0.29) is 12.3 Å². The normalized spacial score (nSPS) is 11.6. The molecular weight excluding hydrogens is 338 g/mol. The van der Waals surface area contributed by atoms with Crippen molar-refractivity contribution < 1.29 is 19.1 Å². The van der Waals surface area contributed by atoms with Crippen molar-refractivity contribution in [2.75, 3.05) is 14.2 Å². The van der Waals surface area contributed by atoms with Gasteiger partial charge in [0, 0.05) is 0 Å². The molecule has 0 aliphatic rings. The predicted molar refractivity (Wildman–Crippen MR) is 88.9 cm³/mol. The van der Waals surface area contributed by atoms with E-state index >= 15 is 0 Å². The number of methoxy groups -OCH3 is 2. The first-order valence-corrected chi connectivity index (χ1v) is 8.09. The Kier molecular flexibility index (Phi) is 6.01. The summed E-state index contributed by atoms with van der Waals surface area (Å²) in [4.78, 5) is 24.2. The Morgan fingerprint density at radius 1 is 1.30 bits per heavy atom. The van der Waals surface area contributed by atoms with Gasteiger partial charge in [0.2, 0.25) is 5.91 Å². The van der Waals surface area contributed by atoms with Crippen LogP contribution in [0.2, 0.25) is 5.02 Å². The van der Waals surface area contributed by atoms with Crippen molar-refractivity contribution in [3.8, 4) is 5.75 Å². The second kappa shape index (κ2) is 7.99. The van der Waals surface area contributed by atoms with Gasteiger partial charge in [-0.25, -0.2) is 4.79 Å². The smallest absolute Gasteiger partial charge is 0.333 e. The van der Waals surface area contributed by atoms with Crippen molar-refractivity contribution in [1.82, 2.24) is 5.32 Å². The Bertz CT molecular complexity index is 687. The second-order valence-electron chi connectivity index (χ2n) is 4.73. The van der Waals surface area contributed by atoms with Gasteiger partial charge in [-0.1, -0.05) is 17.7 Å². The summed E-state index contributed by atoms with van der Waals surface area (Å²) in [5.41, 5.74) is 1.42. The highest BCUT2D eigenvalue weighted by molar-refractivity contribution is 7.08. The maximum Gasteiger partial charge on any atom is 0.333 e. The molecule has 0 saturated carbocycles. The molecule has 0 aliphatic carbocycles. The summed E-state index contributed by atoms with van der Waals surface area (Å²) in [7, 11) is 2.77. The minimum atomic E-state index is -0.922. The van der Waals surface area contributed by atoms with Crippen molar-refractivity contribution in [1.29, 1.82) is 0 Å². The van der Waals surface area contributed by atoms with Crippen molar-refractivity contribution in [3.05, 3.63) is 51.2 Å². The number of halogens is 1. The average Bonchev–Trinajstić information content (AvgIpc) is 3.04. The Hall–Kier alpha value is -2.05. The molecule has 0 bridgehead atoms. The molecule has 1 aromatic heterocycles. The molecule has 1 N–H and O–H groups in total. The minimum Gasteiger partial charge on any atom is -0.495 e. The van der Waals surface area contributed by atoms with Gasteiger partial charge in [0.05, 0.1) is 25.7 Å². The molecule has 122 valence electrons. The van der Waals surface area contributed by atoms with Crippen LogP contribution in [0.1, 0.15) is 17.2 Å². The molecule has 0 saturated heterocycles. The molecule has 0 aliphatic heterocycles. The van der Waals surface area contributed by atoms with Gasteiger partial charge in [-0.05, 0) is 40.1 Å². The molecule has 23 heavy (non-hydrogen) atoms. The van der Waals surface area contributed by atoms with Gasteiger partial charge in [-0.3, -0.25) is 4.79 Å². The van der Waals surface area contributed by atoms with Crippen molar-refractivity contribution in [3.63, 3.8) is 0 Å². The second-order valence-corrected chi connectivity index (χ2v) is 5.91. The Morgan fingerprint density at radius 3 is 2.65 bits per heavy atom. The lowest BCUT2D eigenvalue weighted by Gasteiger charge is -2.17. The highest BCUT2D eigenvalue weighted by Crippen LogP contribution is 2.28.